The lowest BCUT2D eigenvalue weighted by molar-refractivity contribution is -0.140. The highest BCUT2D eigenvalue weighted by molar-refractivity contribution is 6.56. The smallest absolute Gasteiger partial charge is 0.210 e. The summed E-state index contributed by atoms with van der Waals surface area (Å²) in [7, 11) is 1.02. The summed E-state index contributed by atoms with van der Waals surface area (Å²) in [5.74, 6) is 0.937. The Hall–Kier alpha value is -1.90. The van der Waals surface area contributed by atoms with E-state index >= 15 is 0 Å². The SMILES string of the molecule is CC(C)(Bc1ccccc1)CC(C)(C)C1=CC2C(=O)C(=O)C1C1=C2CC[C@H]2C[C@H]2CC1. The second-order valence-electron chi connectivity index (χ2n) is 12.0. The molecule has 6 rings (SSSR count). The Morgan fingerprint density at radius 3 is 2.23 bits per heavy atom. The first kappa shape index (κ1) is 21.0. The van der Waals surface area contributed by atoms with Crippen molar-refractivity contribution in [3.8, 4) is 0 Å². The lowest BCUT2D eigenvalue weighted by Crippen LogP contribution is -2.46. The minimum atomic E-state index is -0.273. The number of benzene rings is 1. The standard InChI is InChI=1S/C28H35BO2/c1-27(2,16-28(3,4)29-19-8-6-5-7-9-19)23-15-22-20-12-10-17-14-18(17)11-13-21(20)24(23)26(31)25(22)30/h5-9,15,17-18,22,24,29H,10-14,16H2,1-4H3/t17-,18+,22?,24?/m0/s1. The van der Waals surface area contributed by atoms with Crippen LogP contribution in [-0.2, 0) is 9.59 Å². The fourth-order valence-electron chi connectivity index (χ4n) is 7.22. The van der Waals surface area contributed by atoms with Gasteiger partial charge in [0.2, 0.25) is 11.6 Å². The zero-order valence-corrected chi connectivity index (χ0v) is 19.5. The molecule has 5 aliphatic rings. The van der Waals surface area contributed by atoms with Crippen LogP contribution in [0.2, 0.25) is 5.31 Å². The van der Waals surface area contributed by atoms with E-state index in [1.165, 1.54) is 41.4 Å². The van der Waals surface area contributed by atoms with Crippen molar-refractivity contribution in [2.24, 2.45) is 29.1 Å². The molecule has 5 aliphatic carbocycles. The van der Waals surface area contributed by atoms with Gasteiger partial charge >= 0.3 is 0 Å². The molecule has 3 heteroatoms. The maximum absolute atomic E-state index is 13.2. The number of carbonyl (C=O) groups is 2. The maximum atomic E-state index is 13.2. The van der Waals surface area contributed by atoms with Gasteiger partial charge in [-0.3, -0.25) is 9.59 Å². The Kier molecular flexibility index (Phi) is 4.95. The first-order valence-electron chi connectivity index (χ1n) is 12.2. The average molecular weight is 414 g/mol. The molecule has 0 spiro atoms. The van der Waals surface area contributed by atoms with Gasteiger partial charge in [0.05, 0.1) is 11.8 Å². The quantitative estimate of drug-likeness (QED) is 0.377. The number of Topliss-reactive ketones (excluding diaryl/α,β-unsaturated/α-hetero) is 2. The van der Waals surface area contributed by atoms with Gasteiger partial charge in [-0.05, 0) is 55.8 Å². The predicted molar refractivity (Wildman–Crippen MR) is 128 cm³/mol. The normalized spacial score (nSPS) is 30.3. The van der Waals surface area contributed by atoms with Crippen LogP contribution in [0.15, 0.2) is 53.1 Å². The summed E-state index contributed by atoms with van der Waals surface area (Å²) in [6.07, 6.45) is 9.05. The molecule has 2 nitrogen and oxygen atoms in total. The van der Waals surface area contributed by atoms with Crippen molar-refractivity contribution in [1.82, 2.24) is 0 Å². The third kappa shape index (κ3) is 3.79. The molecule has 0 amide bonds. The molecule has 0 N–H and O–H groups in total. The van der Waals surface area contributed by atoms with E-state index in [1.807, 2.05) is 0 Å². The van der Waals surface area contributed by atoms with Crippen LogP contribution in [0.1, 0.15) is 66.2 Å². The second kappa shape index (κ2) is 7.32. The van der Waals surface area contributed by atoms with Crippen LogP contribution in [0.25, 0.3) is 0 Å². The van der Waals surface area contributed by atoms with E-state index in [4.69, 9.17) is 0 Å². The summed E-state index contributed by atoms with van der Waals surface area (Å²) >= 11 is 0. The van der Waals surface area contributed by atoms with E-state index in [9.17, 15) is 9.59 Å². The Bertz CT molecular complexity index is 982. The van der Waals surface area contributed by atoms with Crippen LogP contribution in [0.4, 0.5) is 0 Å². The minimum absolute atomic E-state index is 0.106. The van der Waals surface area contributed by atoms with Crippen molar-refractivity contribution < 1.29 is 9.59 Å². The average Bonchev–Trinajstić information content (AvgIpc) is 3.42. The van der Waals surface area contributed by atoms with Crippen LogP contribution >= 0.6 is 0 Å². The lowest BCUT2D eigenvalue weighted by Gasteiger charge is -2.46. The first-order chi connectivity index (χ1) is 14.7. The van der Waals surface area contributed by atoms with Gasteiger partial charge in [-0.1, -0.05) is 91.6 Å². The van der Waals surface area contributed by atoms with Crippen LogP contribution in [0.5, 0.6) is 0 Å². The molecule has 31 heavy (non-hydrogen) atoms. The molecule has 0 saturated heterocycles. The minimum Gasteiger partial charge on any atom is -0.290 e. The third-order valence-corrected chi connectivity index (χ3v) is 8.45. The summed E-state index contributed by atoms with van der Waals surface area (Å²) in [6.45, 7) is 9.27. The van der Waals surface area contributed by atoms with E-state index in [2.05, 4.69) is 64.1 Å². The Morgan fingerprint density at radius 1 is 0.903 bits per heavy atom. The lowest BCUT2D eigenvalue weighted by atomic mass is 9.45. The zero-order chi connectivity index (χ0) is 22.0. The van der Waals surface area contributed by atoms with Gasteiger partial charge in [0.1, 0.15) is 0 Å². The van der Waals surface area contributed by atoms with Gasteiger partial charge in [-0.25, -0.2) is 0 Å². The van der Waals surface area contributed by atoms with E-state index in [-0.39, 0.29) is 34.1 Å². The van der Waals surface area contributed by atoms with Crippen molar-refractivity contribution in [2.75, 3.05) is 0 Å². The third-order valence-electron chi connectivity index (χ3n) is 8.45. The molecular formula is C28H35BO2. The number of hydrogen-bond acceptors (Lipinski definition) is 2. The summed E-state index contributed by atoms with van der Waals surface area (Å²) in [4.78, 5) is 26.1. The number of ketones is 2. The maximum Gasteiger partial charge on any atom is 0.210 e. The summed E-state index contributed by atoms with van der Waals surface area (Å²) in [6, 6.07) is 10.7. The number of rotatable bonds is 5. The highest BCUT2D eigenvalue weighted by atomic mass is 16.2. The van der Waals surface area contributed by atoms with E-state index < -0.39 is 0 Å². The summed E-state index contributed by atoms with van der Waals surface area (Å²) in [5.41, 5.74) is 5.14. The molecule has 162 valence electrons. The monoisotopic (exact) mass is 414 g/mol. The fraction of sp³-hybridized carbons (Fsp3) is 0.571. The highest BCUT2D eigenvalue weighted by Gasteiger charge is 2.52. The fourth-order valence-corrected chi connectivity index (χ4v) is 7.22. The molecular weight excluding hydrogens is 379 g/mol. The van der Waals surface area contributed by atoms with E-state index in [0.717, 1.165) is 38.4 Å². The van der Waals surface area contributed by atoms with Crippen LogP contribution in [0, 0.1) is 29.1 Å². The Labute approximate surface area is 187 Å². The molecule has 0 aromatic heterocycles. The molecule has 0 aliphatic heterocycles. The molecule has 0 radical (unpaired) electrons. The van der Waals surface area contributed by atoms with Gasteiger partial charge in [-0.2, -0.15) is 0 Å². The second-order valence-corrected chi connectivity index (χ2v) is 12.0. The largest absolute Gasteiger partial charge is 0.290 e. The molecule has 1 saturated carbocycles. The molecule has 2 bridgehead atoms. The molecule has 1 aromatic rings. The van der Waals surface area contributed by atoms with Crippen LogP contribution in [0.3, 0.4) is 0 Å². The van der Waals surface area contributed by atoms with Gasteiger partial charge in [-0.15, -0.1) is 0 Å². The van der Waals surface area contributed by atoms with Crippen LogP contribution < -0.4 is 5.46 Å². The summed E-state index contributed by atoms with van der Waals surface area (Å²) in [5, 5.41) is 0.106. The van der Waals surface area contributed by atoms with Crippen molar-refractivity contribution in [3.63, 3.8) is 0 Å². The topological polar surface area (TPSA) is 34.1 Å². The van der Waals surface area contributed by atoms with Crippen LogP contribution in [-0.4, -0.2) is 18.8 Å². The van der Waals surface area contributed by atoms with Crippen molar-refractivity contribution in [2.45, 2.75) is 71.5 Å². The molecule has 0 heterocycles. The summed E-state index contributed by atoms with van der Waals surface area (Å²) < 4.78 is 0. The van der Waals surface area contributed by atoms with Crippen molar-refractivity contribution >= 4 is 24.3 Å². The van der Waals surface area contributed by atoms with Crippen molar-refractivity contribution in [1.29, 1.82) is 0 Å². The van der Waals surface area contributed by atoms with Gasteiger partial charge < -0.3 is 0 Å². The number of allylic oxidation sites excluding steroid dienone is 4. The number of hydrogen-bond donors (Lipinski definition) is 0. The predicted octanol–water partition coefficient (Wildman–Crippen LogP) is 5.19. The Morgan fingerprint density at radius 2 is 1.55 bits per heavy atom. The van der Waals surface area contributed by atoms with Gasteiger partial charge in [0, 0.05) is 0 Å². The number of fused-ring (bicyclic) bond motifs is 2. The molecule has 1 aromatic carbocycles. The van der Waals surface area contributed by atoms with Gasteiger partial charge in [0.25, 0.3) is 0 Å². The zero-order valence-electron chi connectivity index (χ0n) is 19.5. The molecule has 2 unspecified atom stereocenters. The Balaban J connectivity index is 1.43. The highest BCUT2D eigenvalue weighted by Crippen LogP contribution is 2.57. The number of carbonyl (C=O) groups excluding carboxylic acids is 2. The molecule has 4 atom stereocenters. The molecule has 1 fully saturated rings. The van der Waals surface area contributed by atoms with Crippen molar-refractivity contribution in [3.05, 3.63) is 53.1 Å². The van der Waals surface area contributed by atoms with Gasteiger partial charge in [0.15, 0.2) is 7.28 Å². The van der Waals surface area contributed by atoms with E-state index in [0.29, 0.717) is 0 Å². The first-order valence-corrected chi connectivity index (χ1v) is 12.2. The van der Waals surface area contributed by atoms with E-state index in [1.54, 1.807) is 0 Å².